The third-order valence-electron chi connectivity index (χ3n) is 4.69. The van der Waals surface area contributed by atoms with Crippen LogP contribution >= 0.6 is 0 Å². The van der Waals surface area contributed by atoms with Gasteiger partial charge in [-0.05, 0) is 49.4 Å². The number of nitrogens with zero attached hydrogens (tertiary/aromatic N) is 1. The van der Waals surface area contributed by atoms with Gasteiger partial charge in [0.1, 0.15) is 11.5 Å². The minimum atomic E-state index is -0.175. The van der Waals surface area contributed by atoms with E-state index in [1.807, 2.05) is 55.5 Å². The van der Waals surface area contributed by atoms with Gasteiger partial charge in [0.2, 0.25) is 0 Å². The number of hydrogen-bond acceptors (Lipinski definition) is 4. The van der Waals surface area contributed by atoms with Crippen molar-refractivity contribution in [3.8, 4) is 0 Å². The molecular weight excluding hydrogens is 364 g/mol. The second-order valence-corrected chi connectivity index (χ2v) is 8.26. The molecule has 0 bridgehead atoms. The molecule has 0 atom stereocenters. The van der Waals surface area contributed by atoms with Crippen LogP contribution in [-0.2, 0) is 5.41 Å². The second kappa shape index (κ2) is 7.13. The van der Waals surface area contributed by atoms with Crippen LogP contribution in [-0.4, -0.2) is 16.0 Å². The standard InChI is InChI=1S/C23H24N4O2/c1-14-5-10-18-15(11-14)12-19(26-18)22(28)25-17-8-6-16(7-9-17)24-21-13-20(29-27-21)23(2,3)4/h5-13,26H,1-4H3,(H,24,27)(H,25,28). The van der Waals surface area contributed by atoms with Crippen molar-refractivity contribution in [3.05, 3.63) is 71.6 Å². The highest BCUT2D eigenvalue weighted by Gasteiger charge is 2.19. The average Bonchev–Trinajstić information content (AvgIpc) is 3.29. The van der Waals surface area contributed by atoms with Crippen molar-refractivity contribution in [3.63, 3.8) is 0 Å². The number of carbonyl (C=O) groups is 1. The number of rotatable bonds is 4. The molecule has 0 spiro atoms. The number of hydrogen-bond donors (Lipinski definition) is 3. The first kappa shape index (κ1) is 18.8. The Hall–Kier alpha value is -3.54. The summed E-state index contributed by atoms with van der Waals surface area (Å²) < 4.78 is 5.39. The molecule has 0 saturated heterocycles. The maximum atomic E-state index is 12.6. The molecule has 29 heavy (non-hydrogen) atoms. The Balaban J connectivity index is 1.43. The Morgan fingerprint density at radius 3 is 2.41 bits per heavy atom. The lowest BCUT2D eigenvalue weighted by Gasteiger charge is -2.12. The van der Waals surface area contributed by atoms with Crippen LogP contribution in [0.5, 0.6) is 0 Å². The summed E-state index contributed by atoms with van der Waals surface area (Å²) in [5.74, 6) is 1.29. The van der Waals surface area contributed by atoms with Gasteiger partial charge in [0, 0.05) is 33.8 Å². The number of anilines is 3. The van der Waals surface area contributed by atoms with Gasteiger partial charge in [-0.15, -0.1) is 0 Å². The van der Waals surface area contributed by atoms with E-state index in [9.17, 15) is 4.79 Å². The zero-order valence-corrected chi connectivity index (χ0v) is 17.0. The predicted octanol–water partition coefficient (Wildman–Crippen LogP) is 5.76. The topological polar surface area (TPSA) is 83.0 Å². The van der Waals surface area contributed by atoms with Crippen molar-refractivity contribution in [2.45, 2.75) is 33.1 Å². The van der Waals surface area contributed by atoms with Crippen LogP contribution < -0.4 is 10.6 Å². The predicted molar refractivity (Wildman–Crippen MR) is 116 cm³/mol. The van der Waals surface area contributed by atoms with E-state index in [0.29, 0.717) is 17.2 Å². The number of aryl methyl sites for hydroxylation is 1. The fraction of sp³-hybridized carbons (Fsp3) is 0.217. The molecule has 0 radical (unpaired) electrons. The number of aromatic amines is 1. The van der Waals surface area contributed by atoms with Crippen LogP contribution in [0.2, 0.25) is 0 Å². The number of aromatic nitrogens is 2. The number of nitrogens with one attached hydrogen (secondary N) is 3. The van der Waals surface area contributed by atoms with Gasteiger partial charge in [0.05, 0.1) is 0 Å². The third-order valence-corrected chi connectivity index (χ3v) is 4.69. The van der Waals surface area contributed by atoms with Crippen molar-refractivity contribution in [2.24, 2.45) is 0 Å². The molecule has 0 unspecified atom stereocenters. The quantitative estimate of drug-likeness (QED) is 0.415. The maximum Gasteiger partial charge on any atom is 0.272 e. The highest BCUT2D eigenvalue weighted by Crippen LogP contribution is 2.26. The molecule has 2 heterocycles. The van der Waals surface area contributed by atoms with E-state index in [1.165, 1.54) is 0 Å². The molecule has 0 aliphatic carbocycles. The molecule has 0 fully saturated rings. The van der Waals surface area contributed by atoms with Crippen LogP contribution in [0.15, 0.2) is 59.1 Å². The molecule has 0 saturated carbocycles. The lowest BCUT2D eigenvalue weighted by atomic mass is 9.93. The van der Waals surface area contributed by atoms with Crippen molar-refractivity contribution in [1.82, 2.24) is 10.1 Å². The van der Waals surface area contributed by atoms with Gasteiger partial charge in [-0.2, -0.15) is 0 Å². The van der Waals surface area contributed by atoms with E-state index in [0.717, 1.165) is 27.9 Å². The van der Waals surface area contributed by atoms with Crippen LogP contribution in [0.1, 0.15) is 42.6 Å². The van der Waals surface area contributed by atoms with Gasteiger partial charge in [-0.25, -0.2) is 0 Å². The molecule has 6 heteroatoms. The first-order valence-corrected chi connectivity index (χ1v) is 9.53. The second-order valence-electron chi connectivity index (χ2n) is 8.26. The van der Waals surface area contributed by atoms with E-state index in [1.54, 1.807) is 0 Å². The zero-order chi connectivity index (χ0) is 20.6. The maximum absolute atomic E-state index is 12.6. The Labute approximate surface area is 169 Å². The van der Waals surface area contributed by atoms with E-state index in [4.69, 9.17) is 4.52 Å². The van der Waals surface area contributed by atoms with Crippen LogP contribution in [0, 0.1) is 6.92 Å². The van der Waals surface area contributed by atoms with Gasteiger partial charge in [-0.3, -0.25) is 4.79 Å². The molecule has 1 amide bonds. The summed E-state index contributed by atoms with van der Waals surface area (Å²) in [6.45, 7) is 8.25. The summed E-state index contributed by atoms with van der Waals surface area (Å²) >= 11 is 0. The number of carbonyl (C=O) groups excluding carboxylic acids is 1. The van der Waals surface area contributed by atoms with E-state index in [2.05, 4.69) is 47.6 Å². The average molecular weight is 388 g/mol. The van der Waals surface area contributed by atoms with Crippen molar-refractivity contribution < 1.29 is 9.32 Å². The monoisotopic (exact) mass is 388 g/mol. The molecular formula is C23H24N4O2. The summed E-state index contributed by atoms with van der Waals surface area (Å²) in [6, 6.07) is 17.3. The Bertz CT molecular complexity index is 1160. The number of benzene rings is 2. The van der Waals surface area contributed by atoms with Crippen LogP contribution in [0.3, 0.4) is 0 Å². The lowest BCUT2D eigenvalue weighted by Crippen LogP contribution is -2.12. The van der Waals surface area contributed by atoms with Crippen molar-refractivity contribution in [2.75, 3.05) is 10.6 Å². The Morgan fingerprint density at radius 2 is 1.72 bits per heavy atom. The fourth-order valence-electron chi connectivity index (χ4n) is 3.05. The van der Waals surface area contributed by atoms with Crippen molar-refractivity contribution >= 4 is 34.0 Å². The summed E-state index contributed by atoms with van der Waals surface area (Å²) in [4.78, 5) is 15.7. The van der Waals surface area contributed by atoms with E-state index >= 15 is 0 Å². The first-order valence-electron chi connectivity index (χ1n) is 9.53. The summed E-state index contributed by atoms with van der Waals surface area (Å²) in [6.07, 6.45) is 0. The molecule has 3 N–H and O–H groups in total. The smallest absolute Gasteiger partial charge is 0.272 e. The summed E-state index contributed by atoms with van der Waals surface area (Å²) in [5, 5.41) is 11.2. The summed E-state index contributed by atoms with van der Waals surface area (Å²) in [7, 11) is 0. The van der Waals surface area contributed by atoms with Gasteiger partial charge < -0.3 is 20.1 Å². The van der Waals surface area contributed by atoms with Gasteiger partial charge in [0.15, 0.2) is 5.82 Å². The minimum Gasteiger partial charge on any atom is -0.359 e. The largest absolute Gasteiger partial charge is 0.359 e. The van der Waals surface area contributed by atoms with E-state index < -0.39 is 0 Å². The van der Waals surface area contributed by atoms with Crippen molar-refractivity contribution in [1.29, 1.82) is 0 Å². The first-order chi connectivity index (χ1) is 13.8. The van der Waals surface area contributed by atoms with Gasteiger partial charge in [0.25, 0.3) is 5.91 Å². The highest BCUT2D eigenvalue weighted by atomic mass is 16.5. The number of amides is 1. The van der Waals surface area contributed by atoms with Crippen LogP contribution in [0.25, 0.3) is 10.9 Å². The van der Waals surface area contributed by atoms with Gasteiger partial charge >= 0.3 is 0 Å². The molecule has 0 aliphatic heterocycles. The lowest BCUT2D eigenvalue weighted by molar-refractivity contribution is 0.102. The number of fused-ring (bicyclic) bond motifs is 1. The highest BCUT2D eigenvalue weighted by molar-refractivity contribution is 6.06. The molecule has 4 aromatic rings. The SMILES string of the molecule is Cc1ccc2[nH]c(C(=O)Nc3ccc(Nc4cc(C(C)(C)C)on4)cc3)cc2c1. The molecule has 2 aromatic heterocycles. The molecule has 6 nitrogen and oxygen atoms in total. The van der Waals surface area contributed by atoms with Gasteiger partial charge in [-0.1, -0.05) is 37.6 Å². The minimum absolute atomic E-state index is 0.0949. The number of H-pyrrole nitrogens is 1. The normalized spacial score (nSPS) is 11.6. The Morgan fingerprint density at radius 1 is 1.00 bits per heavy atom. The molecule has 148 valence electrons. The zero-order valence-electron chi connectivity index (χ0n) is 17.0. The van der Waals surface area contributed by atoms with E-state index in [-0.39, 0.29) is 11.3 Å². The summed E-state index contributed by atoms with van der Waals surface area (Å²) in [5.41, 5.74) is 4.12. The molecule has 2 aromatic carbocycles. The molecule has 0 aliphatic rings. The third kappa shape index (κ3) is 4.16. The van der Waals surface area contributed by atoms with Crippen LogP contribution in [0.4, 0.5) is 17.2 Å². The Kier molecular flexibility index (Phi) is 4.62. The molecule has 4 rings (SSSR count). The fourth-order valence-corrected chi connectivity index (χ4v) is 3.05.